The van der Waals surface area contributed by atoms with Crippen LogP contribution in [0.2, 0.25) is 0 Å². The average molecular weight is 467 g/mol. The zero-order valence-corrected chi connectivity index (χ0v) is 19.3. The Labute approximate surface area is 196 Å². The van der Waals surface area contributed by atoms with Crippen molar-refractivity contribution < 1.29 is 23.7 Å². The van der Waals surface area contributed by atoms with Crippen LogP contribution in [-0.4, -0.2) is 37.4 Å². The molecule has 1 amide bonds. The Balaban J connectivity index is 1.23. The van der Waals surface area contributed by atoms with Crippen molar-refractivity contribution in [1.82, 2.24) is 10.3 Å². The highest BCUT2D eigenvalue weighted by molar-refractivity contribution is 7.09. The first-order valence-electron chi connectivity index (χ1n) is 11.0. The molecule has 2 aliphatic heterocycles. The van der Waals surface area contributed by atoms with Gasteiger partial charge in [0.05, 0.1) is 10.7 Å². The van der Waals surface area contributed by atoms with Gasteiger partial charge < -0.3 is 24.3 Å². The SMILES string of the molecule is Cc1nc(COc2ccc(C(=O)NCC3(c4ccc5c(c4)OCO5)CCOCC3)cc2)cs1. The fourth-order valence-electron chi connectivity index (χ4n) is 4.24. The van der Waals surface area contributed by atoms with E-state index in [1.54, 1.807) is 23.5 Å². The third-order valence-corrected chi connectivity index (χ3v) is 7.01. The number of nitrogens with one attached hydrogen (secondary N) is 1. The highest BCUT2D eigenvalue weighted by atomic mass is 32.1. The van der Waals surface area contributed by atoms with Gasteiger partial charge in [-0.05, 0) is 61.7 Å². The third kappa shape index (κ3) is 4.82. The molecule has 33 heavy (non-hydrogen) atoms. The monoisotopic (exact) mass is 466 g/mol. The zero-order valence-electron chi connectivity index (χ0n) is 18.5. The third-order valence-electron chi connectivity index (χ3n) is 6.19. The van der Waals surface area contributed by atoms with Crippen molar-refractivity contribution in [3.05, 3.63) is 69.7 Å². The molecular formula is C25H26N2O5S. The van der Waals surface area contributed by atoms with E-state index in [0.29, 0.717) is 37.7 Å². The second-order valence-electron chi connectivity index (χ2n) is 8.31. The van der Waals surface area contributed by atoms with Gasteiger partial charge in [0.2, 0.25) is 6.79 Å². The molecule has 1 fully saturated rings. The number of amides is 1. The molecule has 1 saturated heterocycles. The van der Waals surface area contributed by atoms with Gasteiger partial charge in [0.25, 0.3) is 5.91 Å². The van der Waals surface area contributed by atoms with Crippen molar-refractivity contribution in [2.45, 2.75) is 31.8 Å². The molecule has 0 aliphatic carbocycles. The van der Waals surface area contributed by atoms with Crippen LogP contribution in [0.25, 0.3) is 0 Å². The Morgan fingerprint density at radius 2 is 1.91 bits per heavy atom. The van der Waals surface area contributed by atoms with Gasteiger partial charge in [-0.25, -0.2) is 4.98 Å². The quantitative estimate of drug-likeness (QED) is 0.561. The summed E-state index contributed by atoms with van der Waals surface area (Å²) in [6, 6.07) is 13.3. The van der Waals surface area contributed by atoms with Crippen LogP contribution in [0.15, 0.2) is 47.8 Å². The van der Waals surface area contributed by atoms with Crippen molar-refractivity contribution in [1.29, 1.82) is 0 Å². The summed E-state index contributed by atoms with van der Waals surface area (Å²) in [5.41, 5.74) is 2.43. The van der Waals surface area contributed by atoms with Crippen molar-refractivity contribution in [2.24, 2.45) is 0 Å². The fraction of sp³-hybridized carbons (Fsp3) is 0.360. The van der Waals surface area contributed by atoms with E-state index in [0.717, 1.165) is 40.6 Å². The minimum Gasteiger partial charge on any atom is -0.487 e. The summed E-state index contributed by atoms with van der Waals surface area (Å²) in [6.07, 6.45) is 1.66. The van der Waals surface area contributed by atoms with Gasteiger partial charge in [-0.3, -0.25) is 4.79 Å². The van der Waals surface area contributed by atoms with E-state index in [-0.39, 0.29) is 18.1 Å². The van der Waals surface area contributed by atoms with Crippen molar-refractivity contribution in [3.63, 3.8) is 0 Å². The van der Waals surface area contributed by atoms with Crippen LogP contribution in [-0.2, 0) is 16.8 Å². The Morgan fingerprint density at radius 3 is 2.67 bits per heavy atom. The second kappa shape index (κ2) is 9.41. The van der Waals surface area contributed by atoms with Crippen LogP contribution in [0.4, 0.5) is 0 Å². The van der Waals surface area contributed by atoms with Gasteiger partial charge in [-0.2, -0.15) is 0 Å². The number of hydrogen-bond acceptors (Lipinski definition) is 7. The van der Waals surface area contributed by atoms with Crippen molar-refractivity contribution >= 4 is 17.2 Å². The molecule has 3 heterocycles. The summed E-state index contributed by atoms with van der Waals surface area (Å²) in [7, 11) is 0. The molecule has 0 spiro atoms. The number of thiazole rings is 1. The molecule has 8 heteroatoms. The van der Waals surface area contributed by atoms with Gasteiger partial charge in [-0.1, -0.05) is 6.07 Å². The molecule has 0 unspecified atom stereocenters. The van der Waals surface area contributed by atoms with Crippen molar-refractivity contribution in [3.8, 4) is 17.2 Å². The molecule has 1 aromatic heterocycles. The van der Waals surface area contributed by atoms with E-state index in [9.17, 15) is 4.79 Å². The smallest absolute Gasteiger partial charge is 0.251 e. The van der Waals surface area contributed by atoms with Crippen molar-refractivity contribution in [2.75, 3.05) is 26.6 Å². The van der Waals surface area contributed by atoms with Crippen LogP contribution >= 0.6 is 11.3 Å². The normalized spacial score (nSPS) is 16.4. The Kier molecular flexibility index (Phi) is 6.20. The molecule has 0 atom stereocenters. The molecule has 5 rings (SSSR count). The molecular weight excluding hydrogens is 440 g/mol. The maximum atomic E-state index is 12.9. The van der Waals surface area contributed by atoms with E-state index >= 15 is 0 Å². The van der Waals surface area contributed by atoms with E-state index < -0.39 is 0 Å². The summed E-state index contributed by atoms with van der Waals surface area (Å²) < 4.78 is 22.4. The number of benzene rings is 2. The molecule has 2 aliphatic rings. The number of ether oxygens (including phenoxy) is 4. The molecule has 0 saturated carbocycles. The lowest BCUT2D eigenvalue weighted by molar-refractivity contribution is 0.0486. The Hall–Kier alpha value is -3.10. The highest BCUT2D eigenvalue weighted by Crippen LogP contribution is 2.40. The van der Waals surface area contributed by atoms with E-state index in [1.807, 2.05) is 36.6 Å². The lowest BCUT2D eigenvalue weighted by Crippen LogP contribution is -2.44. The largest absolute Gasteiger partial charge is 0.487 e. The summed E-state index contributed by atoms with van der Waals surface area (Å²) in [5, 5.41) is 6.15. The predicted octanol–water partition coefficient (Wildman–Crippen LogP) is 4.24. The number of rotatable bonds is 7. The van der Waals surface area contributed by atoms with E-state index in [4.69, 9.17) is 18.9 Å². The second-order valence-corrected chi connectivity index (χ2v) is 9.38. The topological polar surface area (TPSA) is 78.9 Å². The van der Waals surface area contributed by atoms with E-state index in [1.165, 1.54) is 0 Å². The number of hydrogen-bond donors (Lipinski definition) is 1. The number of carbonyl (C=O) groups excluding carboxylic acids is 1. The van der Waals surface area contributed by atoms with Gasteiger partial charge >= 0.3 is 0 Å². The summed E-state index contributed by atoms with van der Waals surface area (Å²) in [4.78, 5) is 17.3. The van der Waals surface area contributed by atoms with Gasteiger partial charge in [0, 0.05) is 36.1 Å². The lowest BCUT2D eigenvalue weighted by atomic mass is 9.74. The van der Waals surface area contributed by atoms with Gasteiger partial charge in [0.15, 0.2) is 11.5 Å². The standard InChI is InChI=1S/C25H26N2O5S/c1-17-27-20(14-33-17)13-30-21-5-2-18(3-6-21)24(28)26-15-25(8-10-29-11-9-25)19-4-7-22-23(12-19)32-16-31-22/h2-7,12,14H,8-11,13,15-16H2,1H3,(H,26,28). The maximum absolute atomic E-state index is 12.9. The Morgan fingerprint density at radius 1 is 1.12 bits per heavy atom. The number of fused-ring (bicyclic) bond motifs is 1. The number of aryl methyl sites for hydroxylation is 1. The maximum Gasteiger partial charge on any atom is 0.251 e. The van der Waals surface area contributed by atoms with Crippen LogP contribution in [0.5, 0.6) is 17.2 Å². The minimum atomic E-state index is -0.205. The molecule has 0 radical (unpaired) electrons. The predicted molar refractivity (Wildman–Crippen MR) is 124 cm³/mol. The summed E-state index contributed by atoms with van der Waals surface area (Å²) >= 11 is 1.60. The van der Waals surface area contributed by atoms with Crippen LogP contribution < -0.4 is 19.5 Å². The first kappa shape index (κ1) is 21.7. The first-order valence-corrected chi connectivity index (χ1v) is 11.9. The highest BCUT2D eigenvalue weighted by Gasteiger charge is 2.36. The van der Waals surface area contributed by atoms with Crippen LogP contribution in [0.1, 0.15) is 39.5 Å². The number of nitrogens with zero attached hydrogens (tertiary/aromatic N) is 1. The molecule has 7 nitrogen and oxygen atoms in total. The number of carbonyl (C=O) groups is 1. The summed E-state index contributed by atoms with van der Waals surface area (Å²) in [6.45, 7) is 4.48. The van der Waals surface area contributed by atoms with Gasteiger partial charge in [0.1, 0.15) is 12.4 Å². The molecule has 3 aromatic rings. The fourth-order valence-corrected chi connectivity index (χ4v) is 4.84. The average Bonchev–Trinajstić information content (AvgIpc) is 3.50. The Bertz CT molecular complexity index is 1120. The zero-order chi connectivity index (χ0) is 22.7. The molecule has 172 valence electrons. The van der Waals surface area contributed by atoms with Crippen LogP contribution in [0, 0.1) is 6.92 Å². The van der Waals surface area contributed by atoms with E-state index in [2.05, 4.69) is 16.4 Å². The lowest BCUT2D eigenvalue weighted by Gasteiger charge is -2.38. The summed E-state index contributed by atoms with van der Waals surface area (Å²) in [5.74, 6) is 2.12. The minimum absolute atomic E-state index is 0.108. The number of aromatic nitrogens is 1. The van der Waals surface area contributed by atoms with Gasteiger partial charge in [-0.15, -0.1) is 11.3 Å². The molecule has 1 N–H and O–H groups in total. The molecule has 2 aromatic carbocycles. The first-order chi connectivity index (χ1) is 16.1. The van der Waals surface area contributed by atoms with Crippen LogP contribution in [0.3, 0.4) is 0 Å². The molecule has 0 bridgehead atoms.